The van der Waals surface area contributed by atoms with E-state index in [4.69, 9.17) is 42.2 Å². The minimum atomic E-state index is -5.07. The SMILES string of the molecule is O=C[C@H](O)[C@@H](O)[C@H](O)CO.O=S([O-])S(=O)(=O)[O-].[Na+].[Na+]. The third-order valence-electron chi connectivity index (χ3n) is 1.24. The van der Waals surface area contributed by atoms with Crippen molar-refractivity contribution >= 4 is 25.5 Å². The van der Waals surface area contributed by atoms with Gasteiger partial charge in [0.15, 0.2) is 15.4 Å². The molecule has 0 bridgehead atoms. The predicted molar refractivity (Wildman–Crippen MR) is 49.8 cm³/mol. The Morgan fingerprint density at radius 1 is 1.21 bits per heavy atom. The molecule has 19 heavy (non-hydrogen) atoms. The molecule has 0 heterocycles. The van der Waals surface area contributed by atoms with Crippen molar-refractivity contribution in [2.75, 3.05) is 6.61 Å². The Bertz CT molecular complexity index is 346. The number of aldehydes is 1. The van der Waals surface area contributed by atoms with Gasteiger partial charge in [0.25, 0.3) is 0 Å². The second-order valence-corrected chi connectivity index (χ2v) is 5.75. The van der Waals surface area contributed by atoms with Gasteiger partial charge < -0.3 is 34.3 Å². The number of rotatable bonds is 5. The van der Waals surface area contributed by atoms with Crippen molar-refractivity contribution in [1.29, 1.82) is 0 Å². The summed E-state index contributed by atoms with van der Waals surface area (Å²) in [7, 11) is -8.59. The van der Waals surface area contributed by atoms with Gasteiger partial charge in [-0.25, -0.2) is 8.42 Å². The molecule has 4 N–H and O–H groups in total. The van der Waals surface area contributed by atoms with Crippen molar-refractivity contribution in [2.24, 2.45) is 0 Å². The predicted octanol–water partition coefficient (Wildman–Crippen LogP) is -10.4. The summed E-state index contributed by atoms with van der Waals surface area (Å²) in [5.74, 6) is 0. The topological polar surface area (TPSA) is 195 Å². The molecule has 0 fully saturated rings. The Morgan fingerprint density at radius 2 is 1.53 bits per heavy atom. The molecule has 4 atom stereocenters. The fraction of sp³-hybridized carbons (Fsp3) is 0.800. The van der Waals surface area contributed by atoms with Crippen LogP contribution in [0.1, 0.15) is 0 Å². The fourth-order valence-electron chi connectivity index (χ4n) is 0.416. The maximum Gasteiger partial charge on any atom is 1.00 e. The summed E-state index contributed by atoms with van der Waals surface area (Å²) in [6, 6.07) is 0. The number of carbonyl (C=O) groups excluding carboxylic acids is 1. The standard InChI is InChI=1S/C5H10O5.2Na.H2O5S2/c6-1-3(8)5(10)4(9)2-7;;;1-6(2)7(3,4)5/h1,3-5,7-10H,2H2;;;(H,1,2)(H,3,4,5)/q;2*+1;/p-2/t3-,4+,5+;;;/m0.../s1. The Kier molecular flexibility index (Phi) is 21.8. The Morgan fingerprint density at radius 3 is 1.68 bits per heavy atom. The van der Waals surface area contributed by atoms with E-state index in [0.717, 1.165) is 0 Å². The number of aliphatic hydroxyl groups excluding tert-OH is 4. The van der Waals surface area contributed by atoms with Gasteiger partial charge in [0.05, 0.1) is 16.7 Å². The minimum Gasteiger partial charge on any atom is -0.761 e. The summed E-state index contributed by atoms with van der Waals surface area (Å²) in [5.41, 5.74) is 0. The molecular formula is C5H10Na2O10S2. The first-order valence-corrected chi connectivity index (χ1v) is 6.73. The van der Waals surface area contributed by atoms with Crippen LogP contribution in [-0.2, 0) is 24.1 Å². The normalized spacial score (nSPS) is 16.3. The summed E-state index contributed by atoms with van der Waals surface area (Å²) in [6.45, 7) is -0.688. The monoisotopic (exact) mass is 340 g/mol. The minimum absolute atomic E-state index is 0. The van der Waals surface area contributed by atoms with Gasteiger partial charge in [-0.3, -0.25) is 4.21 Å². The molecule has 104 valence electrons. The summed E-state index contributed by atoms with van der Waals surface area (Å²) in [5, 5.41) is 34.1. The van der Waals surface area contributed by atoms with Crippen LogP contribution < -0.4 is 59.1 Å². The van der Waals surface area contributed by atoms with Crippen LogP contribution in [0.5, 0.6) is 0 Å². The van der Waals surface area contributed by atoms with E-state index in [1.165, 1.54) is 0 Å². The van der Waals surface area contributed by atoms with E-state index in [-0.39, 0.29) is 65.4 Å². The molecule has 0 amide bonds. The van der Waals surface area contributed by atoms with Crippen LogP contribution in [0.25, 0.3) is 0 Å². The second kappa shape index (κ2) is 14.5. The zero-order chi connectivity index (χ0) is 14.2. The maximum atomic E-state index is 9.76. The summed E-state index contributed by atoms with van der Waals surface area (Å²) < 4.78 is 45.7. The van der Waals surface area contributed by atoms with Gasteiger partial charge in [-0.1, -0.05) is 0 Å². The van der Waals surface area contributed by atoms with Crippen LogP contribution in [-0.4, -0.2) is 73.4 Å². The van der Waals surface area contributed by atoms with E-state index < -0.39 is 44.2 Å². The van der Waals surface area contributed by atoms with Crippen LogP contribution in [0, 0.1) is 0 Å². The Balaban J connectivity index is -0.000000112. The van der Waals surface area contributed by atoms with E-state index in [1.807, 2.05) is 0 Å². The van der Waals surface area contributed by atoms with Gasteiger partial charge in [-0.2, -0.15) is 0 Å². The zero-order valence-corrected chi connectivity index (χ0v) is 15.7. The molecule has 0 aliphatic rings. The maximum absolute atomic E-state index is 9.76. The smallest absolute Gasteiger partial charge is 0.761 e. The van der Waals surface area contributed by atoms with Gasteiger partial charge >= 0.3 is 59.1 Å². The Labute approximate surface area is 155 Å². The van der Waals surface area contributed by atoms with Crippen LogP contribution >= 0.6 is 0 Å². The molecule has 0 radical (unpaired) electrons. The largest absolute Gasteiger partial charge is 1.00 e. The summed E-state index contributed by atoms with van der Waals surface area (Å²) in [6.07, 6.45) is -4.63. The van der Waals surface area contributed by atoms with Gasteiger partial charge in [-0.15, -0.1) is 0 Å². The molecule has 1 unspecified atom stereocenters. The third-order valence-corrected chi connectivity index (χ3v) is 2.57. The molecule has 0 saturated carbocycles. The number of hydrogen-bond acceptors (Lipinski definition) is 10. The van der Waals surface area contributed by atoms with Crippen molar-refractivity contribution in [1.82, 2.24) is 0 Å². The molecule has 0 aromatic rings. The van der Waals surface area contributed by atoms with Gasteiger partial charge in [0.1, 0.15) is 18.3 Å². The van der Waals surface area contributed by atoms with Crippen molar-refractivity contribution in [2.45, 2.75) is 18.3 Å². The van der Waals surface area contributed by atoms with Crippen molar-refractivity contribution in [3.05, 3.63) is 0 Å². The first-order valence-electron chi connectivity index (χ1n) is 3.73. The zero-order valence-electron chi connectivity index (χ0n) is 10.1. The molecule has 0 rings (SSSR count). The number of aliphatic hydroxyl groups is 4. The van der Waals surface area contributed by atoms with E-state index >= 15 is 0 Å². The second-order valence-electron chi connectivity index (χ2n) is 2.48. The van der Waals surface area contributed by atoms with Gasteiger partial charge in [-0.05, 0) is 0 Å². The number of hydrogen-bond donors (Lipinski definition) is 4. The molecule has 14 heteroatoms. The van der Waals surface area contributed by atoms with Crippen LogP contribution in [0.15, 0.2) is 0 Å². The van der Waals surface area contributed by atoms with Crippen LogP contribution in [0.4, 0.5) is 0 Å². The summed E-state index contributed by atoms with van der Waals surface area (Å²) in [4.78, 5) is 9.76. The van der Waals surface area contributed by atoms with Crippen LogP contribution in [0.2, 0.25) is 0 Å². The molecule has 0 saturated heterocycles. The van der Waals surface area contributed by atoms with E-state index in [0.29, 0.717) is 0 Å². The van der Waals surface area contributed by atoms with Gasteiger partial charge in [0.2, 0.25) is 0 Å². The molecular weight excluding hydrogens is 330 g/mol. The molecule has 10 nitrogen and oxygen atoms in total. The molecule has 0 aliphatic carbocycles. The van der Waals surface area contributed by atoms with Crippen molar-refractivity contribution < 1.29 is 106 Å². The molecule has 0 spiro atoms. The number of carbonyl (C=O) groups is 1. The van der Waals surface area contributed by atoms with Crippen molar-refractivity contribution in [3.63, 3.8) is 0 Å². The van der Waals surface area contributed by atoms with E-state index in [9.17, 15) is 4.79 Å². The molecule has 0 aromatic carbocycles. The van der Waals surface area contributed by atoms with Crippen LogP contribution in [0.3, 0.4) is 0 Å². The quantitative estimate of drug-likeness (QED) is 0.123. The Hall–Kier alpha value is 1.53. The fourth-order valence-corrected chi connectivity index (χ4v) is 0.416. The molecule has 0 aromatic heterocycles. The molecule has 0 aliphatic heterocycles. The first kappa shape index (κ1) is 28.7. The average Bonchev–Trinajstić information content (AvgIpc) is 2.25. The third kappa shape index (κ3) is 15.7. The van der Waals surface area contributed by atoms with Crippen molar-refractivity contribution in [3.8, 4) is 0 Å². The summed E-state index contributed by atoms with van der Waals surface area (Å²) >= 11 is 0. The first-order chi connectivity index (χ1) is 7.57. The van der Waals surface area contributed by atoms with E-state index in [2.05, 4.69) is 0 Å². The van der Waals surface area contributed by atoms with E-state index in [1.54, 1.807) is 0 Å². The average molecular weight is 340 g/mol. The van der Waals surface area contributed by atoms with Gasteiger partial charge in [0, 0.05) is 0 Å².